The van der Waals surface area contributed by atoms with Crippen LogP contribution in [0.15, 0.2) is 24.3 Å². The number of carbonyl (C=O) groups excluding carboxylic acids is 3. The Hall–Kier alpha value is -2.11. The van der Waals surface area contributed by atoms with E-state index in [2.05, 4.69) is 45.1 Å². The van der Waals surface area contributed by atoms with Gasteiger partial charge in [-0.25, -0.2) is 0 Å². The normalized spacial score (nSPS) is 12.1. The molecule has 442 valence electrons. The van der Waals surface area contributed by atoms with Gasteiger partial charge in [0.1, 0.15) is 13.2 Å². The molecule has 0 aromatic rings. The fourth-order valence-electron chi connectivity index (χ4n) is 10.3. The molecule has 75 heavy (non-hydrogen) atoms. The Morgan fingerprint density at radius 1 is 0.253 bits per heavy atom. The minimum Gasteiger partial charge on any atom is -0.462 e. The number of hydrogen-bond donors (Lipinski definition) is 0. The third-order valence-corrected chi connectivity index (χ3v) is 15.4. The number of carbonyl (C=O) groups is 3. The van der Waals surface area contributed by atoms with Crippen LogP contribution in [0.2, 0.25) is 0 Å². The molecule has 0 saturated heterocycles. The molecule has 0 fully saturated rings. The standard InChI is InChI=1S/C69H130O6/c1-4-7-10-13-16-19-21-23-25-26-27-28-29-30-31-32-33-34-35-36-37-38-39-40-41-42-43-44-45-47-48-50-53-56-59-62-68(71)74-65-66(64-73-67(70)61-58-55-52-18-15-12-9-6-3)75-69(72)63-60-57-54-51-49-46-24-22-20-17-14-11-8-5-2/h22,24,26-27,66H,4-21,23,25,28-65H2,1-3H3/b24-22-,27-26-. The van der Waals surface area contributed by atoms with Crippen molar-refractivity contribution in [3.63, 3.8) is 0 Å². The van der Waals surface area contributed by atoms with E-state index >= 15 is 0 Å². The molecule has 0 radical (unpaired) electrons. The van der Waals surface area contributed by atoms with Crippen molar-refractivity contribution in [1.82, 2.24) is 0 Å². The van der Waals surface area contributed by atoms with Gasteiger partial charge < -0.3 is 14.2 Å². The van der Waals surface area contributed by atoms with E-state index < -0.39 is 6.10 Å². The average molecular weight is 1060 g/mol. The van der Waals surface area contributed by atoms with Crippen molar-refractivity contribution in [2.75, 3.05) is 13.2 Å². The number of hydrogen-bond acceptors (Lipinski definition) is 6. The Kier molecular flexibility index (Phi) is 62.6. The van der Waals surface area contributed by atoms with Gasteiger partial charge in [0.25, 0.3) is 0 Å². The molecule has 1 unspecified atom stereocenters. The molecule has 0 aromatic carbocycles. The largest absolute Gasteiger partial charge is 0.462 e. The average Bonchev–Trinajstić information content (AvgIpc) is 3.41. The van der Waals surface area contributed by atoms with Gasteiger partial charge in [0.2, 0.25) is 0 Å². The van der Waals surface area contributed by atoms with Crippen molar-refractivity contribution in [1.29, 1.82) is 0 Å². The van der Waals surface area contributed by atoms with Gasteiger partial charge in [-0.15, -0.1) is 0 Å². The minimum atomic E-state index is -0.769. The van der Waals surface area contributed by atoms with Crippen molar-refractivity contribution >= 4 is 17.9 Å². The number of unbranched alkanes of at least 4 members (excludes halogenated alkanes) is 48. The van der Waals surface area contributed by atoms with E-state index in [9.17, 15) is 14.4 Å². The second kappa shape index (κ2) is 64.4. The zero-order valence-corrected chi connectivity index (χ0v) is 50.8. The van der Waals surface area contributed by atoms with Crippen molar-refractivity contribution in [2.24, 2.45) is 0 Å². The molecule has 0 aromatic heterocycles. The molecule has 0 spiro atoms. The lowest BCUT2D eigenvalue weighted by Gasteiger charge is -2.18. The highest BCUT2D eigenvalue weighted by molar-refractivity contribution is 5.71. The van der Waals surface area contributed by atoms with E-state index in [0.29, 0.717) is 19.3 Å². The van der Waals surface area contributed by atoms with E-state index in [-0.39, 0.29) is 31.1 Å². The highest BCUT2D eigenvalue weighted by atomic mass is 16.6. The Morgan fingerprint density at radius 2 is 0.440 bits per heavy atom. The summed E-state index contributed by atoms with van der Waals surface area (Å²) in [5.74, 6) is -0.860. The third kappa shape index (κ3) is 62.6. The predicted molar refractivity (Wildman–Crippen MR) is 326 cm³/mol. The van der Waals surface area contributed by atoms with Crippen molar-refractivity contribution in [3.05, 3.63) is 24.3 Å². The Labute approximate surface area is 468 Å². The molecule has 0 aliphatic rings. The van der Waals surface area contributed by atoms with E-state index in [1.54, 1.807) is 0 Å². The minimum absolute atomic E-state index is 0.0691. The number of allylic oxidation sites excluding steroid dienone is 4. The number of esters is 3. The molecule has 0 amide bonds. The molecular weight excluding hydrogens is 925 g/mol. The van der Waals surface area contributed by atoms with E-state index in [0.717, 1.165) is 64.2 Å². The van der Waals surface area contributed by atoms with Crippen LogP contribution < -0.4 is 0 Å². The Morgan fingerprint density at radius 3 is 0.667 bits per heavy atom. The van der Waals surface area contributed by atoms with Crippen LogP contribution in [-0.4, -0.2) is 37.2 Å². The summed E-state index contributed by atoms with van der Waals surface area (Å²) in [5.41, 5.74) is 0. The first kappa shape index (κ1) is 72.9. The van der Waals surface area contributed by atoms with Crippen molar-refractivity contribution < 1.29 is 28.6 Å². The molecular formula is C69H130O6. The fraction of sp³-hybridized carbons (Fsp3) is 0.899. The summed E-state index contributed by atoms with van der Waals surface area (Å²) in [6.07, 6.45) is 78.2. The lowest BCUT2D eigenvalue weighted by molar-refractivity contribution is -0.167. The van der Waals surface area contributed by atoms with Crippen LogP contribution in [0.25, 0.3) is 0 Å². The summed E-state index contributed by atoms with van der Waals surface area (Å²) in [4.78, 5) is 38.0. The fourth-order valence-corrected chi connectivity index (χ4v) is 10.3. The van der Waals surface area contributed by atoms with Crippen LogP contribution in [0.4, 0.5) is 0 Å². The van der Waals surface area contributed by atoms with Gasteiger partial charge in [-0.05, 0) is 70.6 Å². The van der Waals surface area contributed by atoms with Crippen LogP contribution in [-0.2, 0) is 28.6 Å². The second-order valence-corrected chi connectivity index (χ2v) is 23.1. The summed E-state index contributed by atoms with van der Waals surface area (Å²) < 4.78 is 16.8. The first-order chi connectivity index (χ1) is 37.0. The first-order valence-corrected chi connectivity index (χ1v) is 33.8. The summed E-state index contributed by atoms with van der Waals surface area (Å²) >= 11 is 0. The molecule has 0 N–H and O–H groups in total. The van der Waals surface area contributed by atoms with Crippen molar-refractivity contribution in [2.45, 2.75) is 386 Å². The monoisotopic (exact) mass is 1050 g/mol. The molecule has 0 saturated carbocycles. The van der Waals surface area contributed by atoms with Gasteiger partial charge in [0.05, 0.1) is 0 Å². The lowest BCUT2D eigenvalue weighted by Crippen LogP contribution is -2.30. The molecule has 0 bridgehead atoms. The molecule has 1 atom stereocenters. The first-order valence-electron chi connectivity index (χ1n) is 33.8. The molecule has 6 nitrogen and oxygen atoms in total. The van der Waals surface area contributed by atoms with Gasteiger partial charge >= 0.3 is 17.9 Å². The predicted octanol–water partition coefficient (Wildman–Crippen LogP) is 23.0. The van der Waals surface area contributed by atoms with E-state index in [1.165, 1.54) is 276 Å². The Balaban J connectivity index is 3.91. The van der Waals surface area contributed by atoms with Gasteiger partial charge in [0.15, 0.2) is 6.10 Å². The summed E-state index contributed by atoms with van der Waals surface area (Å²) in [5, 5.41) is 0. The molecule has 0 rings (SSSR count). The van der Waals surface area contributed by atoms with Gasteiger partial charge in [-0.1, -0.05) is 315 Å². The zero-order valence-electron chi connectivity index (χ0n) is 50.8. The Bertz CT molecular complexity index is 1210. The maximum Gasteiger partial charge on any atom is 0.306 e. The number of ether oxygens (including phenoxy) is 3. The smallest absolute Gasteiger partial charge is 0.306 e. The van der Waals surface area contributed by atoms with Gasteiger partial charge in [0, 0.05) is 19.3 Å². The summed E-state index contributed by atoms with van der Waals surface area (Å²) in [6, 6.07) is 0. The maximum absolute atomic E-state index is 12.8. The molecule has 0 aliphatic heterocycles. The van der Waals surface area contributed by atoms with Crippen molar-refractivity contribution in [3.8, 4) is 0 Å². The van der Waals surface area contributed by atoms with Crippen LogP contribution in [0, 0.1) is 0 Å². The topological polar surface area (TPSA) is 78.9 Å². The van der Waals surface area contributed by atoms with Crippen LogP contribution in [0.3, 0.4) is 0 Å². The maximum atomic E-state index is 12.8. The molecule has 0 aliphatic carbocycles. The second-order valence-electron chi connectivity index (χ2n) is 23.1. The highest BCUT2D eigenvalue weighted by Gasteiger charge is 2.19. The van der Waals surface area contributed by atoms with Gasteiger partial charge in [-0.2, -0.15) is 0 Å². The van der Waals surface area contributed by atoms with Crippen LogP contribution >= 0.6 is 0 Å². The third-order valence-electron chi connectivity index (χ3n) is 15.4. The van der Waals surface area contributed by atoms with Crippen LogP contribution in [0.5, 0.6) is 0 Å². The quantitative estimate of drug-likeness (QED) is 0.0261. The summed E-state index contributed by atoms with van der Waals surface area (Å²) in [7, 11) is 0. The lowest BCUT2D eigenvalue weighted by atomic mass is 10.0. The van der Waals surface area contributed by atoms with Gasteiger partial charge in [-0.3, -0.25) is 14.4 Å². The molecule has 6 heteroatoms. The summed E-state index contributed by atoms with van der Waals surface area (Å²) in [6.45, 7) is 6.65. The SMILES string of the molecule is CCCCCCC/C=C\CCCCCCCC(=O)OC(COC(=O)CCCCCCCCCC)COC(=O)CCCCCCCCCCCCCCCCCCCCCCCCC/C=C\CCCCCCCCCC. The van der Waals surface area contributed by atoms with Crippen LogP contribution in [0.1, 0.15) is 380 Å². The van der Waals surface area contributed by atoms with E-state index in [4.69, 9.17) is 14.2 Å². The number of rotatable bonds is 63. The highest BCUT2D eigenvalue weighted by Crippen LogP contribution is 2.18. The zero-order chi connectivity index (χ0) is 54.3. The molecule has 0 heterocycles. The van der Waals surface area contributed by atoms with E-state index in [1.807, 2.05) is 0 Å².